The predicted molar refractivity (Wildman–Crippen MR) is 175 cm³/mol. The maximum atomic E-state index is 13.9. The van der Waals surface area contributed by atoms with E-state index in [4.69, 9.17) is 21.3 Å². The highest BCUT2D eigenvalue weighted by Crippen LogP contribution is 2.40. The van der Waals surface area contributed by atoms with Crippen molar-refractivity contribution in [2.24, 2.45) is 5.92 Å². The molecule has 1 unspecified atom stereocenters. The Morgan fingerprint density at radius 1 is 0.929 bits per heavy atom. The second kappa shape index (κ2) is 12.7. The first-order valence-corrected chi connectivity index (χ1v) is 15.3. The summed E-state index contributed by atoms with van der Waals surface area (Å²) in [5, 5.41) is 3.54. The smallest absolute Gasteiger partial charge is 0.265 e. The number of para-hydroxylation sites is 1. The van der Waals surface area contributed by atoms with E-state index in [1.807, 2.05) is 74.5 Å². The lowest BCUT2D eigenvalue weighted by molar-refractivity contribution is -0.124. The normalized spacial score (nSPS) is 12.8. The number of hydrogen-bond donors (Lipinski definition) is 2. The number of H-pyrrole nitrogens is 1. The lowest BCUT2D eigenvalue weighted by Crippen LogP contribution is -2.38. The highest BCUT2D eigenvalue weighted by molar-refractivity contribution is 6.32. The summed E-state index contributed by atoms with van der Waals surface area (Å²) in [7, 11) is 0. The molecular weight excluding hydrogens is 542 g/mol. The van der Waals surface area contributed by atoms with E-state index in [2.05, 4.69) is 64.0 Å². The van der Waals surface area contributed by atoms with Gasteiger partial charge in [0.2, 0.25) is 0 Å². The van der Waals surface area contributed by atoms with Gasteiger partial charge in [-0.25, -0.2) is 4.98 Å². The van der Waals surface area contributed by atoms with Gasteiger partial charge >= 0.3 is 0 Å². The van der Waals surface area contributed by atoms with Crippen molar-refractivity contribution < 1.29 is 9.53 Å². The molecule has 0 spiro atoms. The summed E-state index contributed by atoms with van der Waals surface area (Å²) < 4.78 is 6.60. The number of benzene rings is 3. The molecular formula is C36H44ClN3O2. The summed E-state index contributed by atoms with van der Waals surface area (Å²) in [6.45, 7) is 17.4. The molecule has 1 heterocycles. The largest absolute Gasteiger partial charge is 0.480 e. The van der Waals surface area contributed by atoms with Gasteiger partial charge in [-0.15, -0.1) is 0 Å². The molecule has 1 amide bonds. The minimum atomic E-state index is -0.705. The van der Waals surface area contributed by atoms with Crippen LogP contribution in [-0.2, 0) is 15.6 Å². The van der Waals surface area contributed by atoms with Crippen LogP contribution in [0.2, 0.25) is 5.15 Å². The number of amides is 1. The number of imidazole rings is 1. The first kappa shape index (κ1) is 31.4. The zero-order valence-corrected chi connectivity index (χ0v) is 26.9. The van der Waals surface area contributed by atoms with Crippen LogP contribution in [-0.4, -0.2) is 22.0 Å². The Morgan fingerprint density at radius 3 is 2.21 bits per heavy atom. The predicted octanol–water partition coefficient (Wildman–Crippen LogP) is 9.81. The lowest BCUT2D eigenvalue weighted by Gasteiger charge is -2.32. The van der Waals surface area contributed by atoms with Gasteiger partial charge in [-0.2, -0.15) is 0 Å². The van der Waals surface area contributed by atoms with E-state index in [9.17, 15) is 4.79 Å². The number of nitrogens with zero attached hydrogens (tertiary/aromatic N) is 1. The third-order valence-electron chi connectivity index (χ3n) is 8.52. The molecule has 4 aromatic rings. The van der Waals surface area contributed by atoms with Crippen LogP contribution >= 0.6 is 11.6 Å². The fraction of sp³-hybridized carbons (Fsp3) is 0.389. The molecule has 0 aliphatic carbocycles. The number of aromatic nitrogens is 2. The minimum absolute atomic E-state index is 0.0452. The average molecular weight is 586 g/mol. The van der Waals surface area contributed by atoms with Crippen LogP contribution in [0.3, 0.4) is 0 Å². The van der Waals surface area contributed by atoms with Crippen LogP contribution in [0.5, 0.6) is 5.75 Å². The van der Waals surface area contributed by atoms with E-state index < -0.39 is 6.10 Å². The van der Waals surface area contributed by atoms with Gasteiger partial charge in [0, 0.05) is 16.7 Å². The molecule has 0 aliphatic heterocycles. The van der Waals surface area contributed by atoms with Crippen LogP contribution in [0.15, 0.2) is 72.8 Å². The summed E-state index contributed by atoms with van der Waals surface area (Å²) in [5.74, 6) is 1.13. The van der Waals surface area contributed by atoms with Crippen molar-refractivity contribution >= 4 is 23.2 Å². The monoisotopic (exact) mass is 585 g/mol. The molecule has 0 saturated carbocycles. The summed E-state index contributed by atoms with van der Waals surface area (Å²) >= 11 is 6.63. The Morgan fingerprint density at radius 2 is 1.57 bits per heavy atom. The van der Waals surface area contributed by atoms with E-state index in [-0.39, 0.29) is 22.7 Å². The molecule has 3 aromatic carbocycles. The number of carbonyl (C=O) groups is 1. The van der Waals surface area contributed by atoms with Crippen LogP contribution < -0.4 is 10.1 Å². The van der Waals surface area contributed by atoms with Crippen LogP contribution in [0, 0.1) is 5.92 Å². The first-order valence-electron chi connectivity index (χ1n) is 14.9. The van der Waals surface area contributed by atoms with Gasteiger partial charge < -0.3 is 15.0 Å². The number of hydrogen-bond acceptors (Lipinski definition) is 3. The molecule has 42 heavy (non-hydrogen) atoms. The standard InChI is InChI=1S/C36H44ClN3O2/c1-9-35(5,6)25-20-21-29(27(22-25)36(7,8)10-2)42-31(23(3)4)34(41)38-28-19-15-14-18-26(28)30-32(37)40-33(39-30)24-16-12-11-13-17-24/h11-23,31H,9-10H2,1-8H3,(H,38,41)(H,39,40). The van der Waals surface area contributed by atoms with Gasteiger partial charge in [0.1, 0.15) is 22.4 Å². The van der Waals surface area contributed by atoms with Crippen LogP contribution in [0.25, 0.3) is 22.6 Å². The number of anilines is 1. The van der Waals surface area contributed by atoms with Crippen molar-refractivity contribution in [2.45, 2.75) is 85.2 Å². The van der Waals surface area contributed by atoms with Crippen LogP contribution in [0.1, 0.15) is 79.4 Å². The lowest BCUT2D eigenvalue weighted by atomic mass is 9.76. The summed E-state index contributed by atoms with van der Waals surface area (Å²) in [4.78, 5) is 21.8. The zero-order valence-electron chi connectivity index (χ0n) is 26.1. The van der Waals surface area contributed by atoms with Gasteiger partial charge in [-0.3, -0.25) is 4.79 Å². The Bertz CT molecular complexity index is 1520. The van der Waals surface area contributed by atoms with E-state index in [0.717, 1.165) is 35.3 Å². The highest BCUT2D eigenvalue weighted by Gasteiger charge is 2.31. The Balaban J connectivity index is 1.66. The zero-order chi connectivity index (χ0) is 30.7. The molecule has 1 atom stereocenters. The quantitative estimate of drug-likeness (QED) is 0.184. The minimum Gasteiger partial charge on any atom is -0.480 e. The number of halogens is 1. The van der Waals surface area contributed by atoms with Gasteiger partial charge in [-0.1, -0.05) is 128 Å². The van der Waals surface area contributed by atoms with Gasteiger partial charge in [0.05, 0.1) is 5.69 Å². The molecule has 0 fully saturated rings. The van der Waals surface area contributed by atoms with Gasteiger partial charge in [0.15, 0.2) is 6.10 Å². The van der Waals surface area contributed by atoms with Crippen molar-refractivity contribution in [1.82, 2.24) is 9.97 Å². The molecule has 5 nitrogen and oxygen atoms in total. The number of carbonyl (C=O) groups excluding carboxylic acids is 1. The van der Waals surface area contributed by atoms with Crippen molar-refractivity contribution in [2.75, 3.05) is 5.32 Å². The third-order valence-corrected chi connectivity index (χ3v) is 8.80. The number of nitrogens with one attached hydrogen (secondary N) is 2. The topological polar surface area (TPSA) is 67.0 Å². The van der Waals surface area contributed by atoms with Crippen molar-refractivity contribution in [3.05, 3.63) is 89.1 Å². The van der Waals surface area contributed by atoms with E-state index in [1.54, 1.807) is 0 Å². The molecule has 1 aromatic heterocycles. The number of rotatable bonds is 11. The molecule has 0 saturated heterocycles. The van der Waals surface area contributed by atoms with E-state index >= 15 is 0 Å². The number of aromatic amines is 1. The van der Waals surface area contributed by atoms with Gasteiger partial charge in [0.25, 0.3) is 5.91 Å². The third kappa shape index (κ3) is 6.73. The first-order chi connectivity index (χ1) is 19.9. The molecule has 0 bridgehead atoms. The maximum Gasteiger partial charge on any atom is 0.265 e. The summed E-state index contributed by atoms with van der Waals surface area (Å²) in [6, 6.07) is 23.9. The maximum absolute atomic E-state index is 13.9. The molecule has 6 heteroatoms. The Labute approximate surface area is 256 Å². The average Bonchev–Trinajstić information content (AvgIpc) is 3.37. The SMILES string of the molecule is CCC(C)(C)c1ccc(OC(C(=O)Nc2ccccc2-c2nc(-c3ccccc3)[nH]c2Cl)C(C)C)c(C(C)(C)CC)c1. The fourth-order valence-electron chi connectivity index (χ4n) is 4.87. The molecule has 222 valence electrons. The molecule has 4 rings (SSSR count). The second-order valence-electron chi connectivity index (χ2n) is 12.6. The van der Waals surface area contributed by atoms with Crippen LogP contribution in [0.4, 0.5) is 5.69 Å². The van der Waals surface area contributed by atoms with Crippen molar-refractivity contribution in [3.63, 3.8) is 0 Å². The molecule has 2 N–H and O–H groups in total. The van der Waals surface area contributed by atoms with Crippen molar-refractivity contribution in [1.29, 1.82) is 0 Å². The molecule has 0 aliphatic rings. The number of ether oxygens (including phenoxy) is 1. The van der Waals surface area contributed by atoms with E-state index in [0.29, 0.717) is 22.4 Å². The highest BCUT2D eigenvalue weighted by atomic mass is 35.5. The van der Waals surface area contributed by atoms with Gasteiger partial charge in [-0.05, 0) is 47.3 Å². The Kier molecular flexibility index (Phi) is 9.52. The Hall–Kier alpha value is -3.57. The summed E-state index contributed by atoms with van der Waals surface area (Å²) in [6.07, 6.45) is 1.27. The molecule has 0 radical (unpaired) electrons. The summed E-state index contributed by atoms with van der Waals surface area (Å²) in [5.41, 5.74) is 5.19. The van der Waals surface area contributed by atoms with Crippen molar-refractivity contribution in [3.8, 4) is 28.4 Å². The van der Waals surface area contributed by atoms with E-state index in [1.165, 1.54) is 5.56 Å². The second-order valence-corrected chi connectivity index (χ2v) is 13.0. The fourth-order valence-corrected chi connectivity index (χ4v) is 5.11.